The standard InChI is InChI=1S/C31H48N6O7.C5H12O/c1-8-12-22(27(40)31(44)32-16-15-21-13-10-9-11-14-21)34-28(41)23(17-24(39)37(6)7)35-30(43)26(20(4)5)36-29(42)25(19(2)3)33-18-38;1-5(2,3)6-4/h9-11,13-14,18-20,22-23,25-26H,8,12,15-17H2,1-7H3,(H,32,44)(H,33,38)(H,34,41)(H,35,43)(H,36,42);1-4H3/t22?,23-,25-,26?;/m0./s1. The maximum atomic E-state index is 13.4. The Labute approximate surface area is 297 Å². The van der Waals surface area contributed by atoms with E-state index in [1.54, 1.807) is 41.7 Å². The van der Waals surface area contributed by atoms with Gasteiger partial charge in [-0.25, -0.2) is 0 Å². The molecule has 1 aromatic carbocycles. The molecule has 14 heteroatoms. The number of hydrogen-bond donors (Lipinski definition) is 5. The molecule has 0 fully saturated rings. The number of nitrogens with zero attached hydrogens (tertiary/aromatic N) is 1. The van der Waals surface area contributed by atoms with E-state index in [-0.39, 0.29) is 24.5 Å². The topological polar surface area (TPSA) is 192 Å². The highest BCUT2D eigenvalue weighted by Crippen LogP contribution is 2.09. The summed E-state index contributed by atoms with van der Waals surface area (Å²) in [6.07, 6.45) is 1.11. The van der Waals surface area contributed by atoms with Gasteiger partial charge in [-0.05, 0) is 51.0 Å². The van der Waals surface area contributed by atoms with Crippen molar-refractivity contribution in [2.75, 3.05) is 27.7 Å². The minimum Gasteiger partial charge on any atom is -0.379 e. The van der Waals surface area contributed by atoms with Crippen LogP contribution in [-0.4, -0.2) is 104 Å². The van der Waals surface area contributed by atoms with Crippen LogP contribution in [0.4, 0.5) is 0 Å². The molecule has 0 heterocycles. The lowest BCUT2D eigenvalue weighted by Gasteiger charge is -2.28. The third-order valence-electron chi connectivity index (χ3n) is 7.54. The molecular formula is C36H60N6O8. The van der Waals surface area contributed by atoms with E-state index in [9.17, 15) is 33.6 Å². The normalized spacial score (nSPS) is 13.4. The SMILES string of the molecule is CCCC(NC(=O)[C@H](CC(=O)N(C)C)NC(=O)C(NC(=O)[C@@H](NC=O)C(C)C)C(C)C)C(=O)C(=O)NCCc1ccccc1.COC(C)(C)C. The summed E-state index contributed by atoms with van der Waals surface area (Å²) >= 11 is 0. The molecule has 0 spiro atoms. The summed E-state index contributed by atoms with van der Waals surface area (Å²) in [6, 6.07) is 4.83. The van der Waals surface area contributed by atoms with Gasteiger partial charge in [-0.3, -0.25) is 33.6 Å². The quantitative estimate of drug-likeness (QED) is 0.106. The van der Waals surface area contributed by atoms with Crippen molar-refractivity contribution < 1.29 is 38.3 Å². The number of carbonyl (C=O) groups is 7. The van der Waals surface area contributed by atoms with Crippen LogP contribution < -0.4 is 26.6 Å². The van der Waals surface area contributed by atoms with Gasteiger partial charge in [0, 0.05) is 27.7 Å². The molecule has 0 aliphatic rings. The number of methoxy groups -OCH3 is 1. The highest BCUT2D eigenvalue weighted by molar-refractivity contribution is 6.38. The number of amides is 6. The number of ether oxygens (including phenoxy) is 1. The Morgan fingerprint density at radius 1 is 0.820 bits per heavy atom. The average molecular weight is 705 g/mol. The first-order valence-corrected chi connectivity index (χ1v) is 17.0. The molecule has 0 saturated carbocycles. The fraction of sp³-hybridized carbons (Fsp3) is 0.639. The highest BCUT2D eigenvalue weighted by Gasteiger charge is 2.34. The number of ketones is 1. The first kappa shape index (κ1) is 45.7. The van der Waals surface area contributed by atoms with Crippen molar-refractivity contribution in [3.63, 3.8) is 0 Å². The zero-order chi connectivity index (χ0) is 38.6. The summed E-state index contributed by atoms with van der Waals surface area (Å²) in [5.74, 6) is -5.00. The van der Waals surface area contributed by atoms with Crippen molar-refractivity contribution >= 4 is 41.7 Å². The van der Waals surface area contributed by atoms with E-state index < -0.39 is 71.8 Å². The van der Waals surface area contributed by atoms with Crippen molar-refractivity contribution in [3.05, 3.63) is 35.9 Å². The molecule has 0 saturated heterocycles. The Balaban J connectivity index is 0.00000365. The van der Waals surface area contributed by atoms with Crippen molar-refractivity contribution in [1.82, 2.24) is 31.5 Å². The van der Waals surface area contributed by atoms with Crippen LogP contribution in [0.15, 0.2) is 30.3 Å². The van der Waals surface area contributed by atoms with Gasteiger partial charge in [0.05, 0.1) is 18.1 Å². The molecule has 0 radical (unpaired) electrons. The van der Waals surface area contributed by atoms with Gasteiger partial charge in [-0.2, -0.15) is 0 Å². The zero-order valence-corrected chi connectivity index (χ0v) is 31.7. The molecule has 14 nitrogen and oxygen atoms in total. The lowest BCUT2D eigenvalue weighted by Crippen LogP contribution is -2.60. The molecule has 5 N–H and O–H groups in total. The van der Waals surface area contributed by atoms with Gasteiger partial charge in [0.1, 0.15) is 18.1 Å². The summed E-state index contributed by atoms with van der Waals surface area (Å²) in [4.78, 5) is 90.2. The van der Waals surface area contributed by atoms with Gasteiger partial charge in [0.15, 0.2) is 0 Å². The molecule has 6 amide bonds. The second kappa shape index (κ2) is 23.1. The Kier molecular flexibility index (Phi) is 21.1. The van der Waals surface area contributed by atoms with Crippen LogP contribution in [0.3, 0.4) is 0 Å². The van der Waals surface area contributed by atoms with Gasteiger partial charge in [0.2, 0.25) is 35.8 Å². The predicted octanol–water partition coefficient (Wildman–Crippen LogP) is 1.51. The first-order valence-electron chi connectivity index (χ1n) is 17.0. The molecule has 2 unspecified atom stereocenters. The summed E-state index contributed by atoms with van der Waals surface area (Å²) in [6.45, 7) is 14.9. The van der Waals surface area contributed by atoms with Gasteiger partial charge >= 0.3 is 0 Å². The largest absolute Gasteiger partial charge is 0.379 e. The number of carbonyl (C=O) groups excluding carboxylic acids is 7. The van der Waals surface area contributed by atoms with E-state index in [2.05, 4.69) is 26.6 Å². The highest BCUT2D eigenvalue weighted by atomic mass is 16.5. The fourth-order valence-electron chi connectivity index (χ4n) is 4.29. The number of nitrogens with one attached hydrogen (secondary N) is 5. The van der Waals surface area contributed by atoms with Crippen molar-refractivity contribution in [1.29, 1.82) is 0 Å². The van der Waals surface area contributed by atoms with Crippen LogP contribution in [0, 0.1) is 11.8 Å². The molecule has 1 aromatic rings. The van der Waals surface area contributed by atoms with Gasteiger partial charge < -0.3 is 36.2 Å². The Hall–Kier alpha value is -4.33. The zero-order valence-electron chi connectivity index (χ0n) is 31.7. The van der Waals surface area contributed by atoms with E-state index >= 15 is 0 Å². The molecule has 4 atom stereocenters. The number of Topliss-reactive ketones (excluding diaryl/α,β-unsaturated/α-hetero) is 1. The Bertz CT molecular complexity index is 1250. The van der Waals surface area contributed by atoms with Crippen LogP contribution in [-0.2, 0) is 44.7 Å². The van der Waals surface area contributed by atoms with E-state index in [1.165, 1.54) is 19.0 Å². The van der Waals surface area contributed by atoms with E-state index in [1.807, 2.05) is 51.1 Å². The number of hydrogen-bond acceptors (Lipinski definition) is 8. The van der Waals surface area contributed by atoms with Crippen molar-refractivity contribution in [2.45, 2.75) is 111 Å². The molecule has 0 aliphatic heterocycles. The van der Waals surface area contributed by atoms with Gasteiger partial charge in [-0.1, -0.05) is 71.4 Å². The predicted molar refractivity (Wildman–Crippen MR) is 192 cm³/mol. The van der Waals surface area contributed by atoms with Gasteiger partial charge in [0.25, 0.3) is 5.91 Å². The second-order valence-corrected chi connectivity index (χ2v) is 13.8. The second-order valence-electron chi connectivity index (χ2n) is 13.8. The summed E-state index contributed by atoms with van der Waals surface area (Å²) < 4.78 is 4.94. The fourth-order valence-corrected chi connectivity index (χ4v) is 4.29. The summed E-state index contributed by atoms with van der Waals surface area (Å²) in [5, 5.41) is 12.7. The van der Waals surface area contributed by atoms with Crippen LogP contribution in [0.5, 0.6) is 0 Å². The molecule has 0 aromatic heterocycles. The molecule has 282 valence electrons. The van der Waals surface area contributed by atoms with Crippen molar-refractivity contribution in [3.8, 4) is 0 Å². The van der Waals surface area contributed by atoms with Crippen LogP contribution in [0.1, 0.15) is 80.2 Å². The first-order chi connectivity index (χ1) is 23.3. The van der Waals surface area contributed by atoms with Crippen LogP contribution in [0.2, 0.25) is 0 Å². The summed E-state index contributed by atoms with van der Waals surface area (Å²) in [7, 11) is 4.69. The third kappa shape index (κ3) is 17.9. The minimum absolute atomic E-state index is 0.0417. The molecule has 0 bridgehead atoms. The molecule has 1 rings (SSSR count). The lowest BCUT2D eigenvalue weighted by molar-refractivity contribution is -0.141. The molecular weight excluding hydrogens is 644 g/mol. The lowest BCUT2D eigenvalue weighted by atomic mass is 9.99. The third-order valence-corrected chi connectivity index (χ3v) is 7.54. The average Bonchev–Trinajstić information content (AvgIpc) is 3.04. The smallest absolute Gasteiger partial charge is 0.289 e. The van der Waals surface area contributed by atoms with E-state index in [4.69, 9.17) is 4.74 Å². The van der Waals surface area contributed by atoms with Crippen LogP contribution in [0.25, 0.3) is 0 Å². The van der Waals surface area contributed by atoms with Crippen LogP contribution >= 0.6 is 0 Å². The van der Waals surface area contributed by atoms with E-state index in [0.29, 0.717) is 19.3 Å². The maximum absolute atomic E-state index is 13.4. The van der Waals surface area contributed by atoms with Crippen molar-refractivity contribution in [2.24, 2.45) is 11.8 Å². The monoisotopic (exact) mass is 704 g/mol. The van der Waals surface area contributed by atoms with Gasteiger partial charge in [-0.15, -0.1) is 0 Å². The number of benzene rings is 1. The Morgan fingerprint density at radius 3 is 1.80 bits per heavy atom. The summed E-state index contributed by atoms with van der Waals surface area (Å²) in [5.41, 5.74) is 1.03. The molecule has 50 heavy (non-hydrogen) atoms. The van der Waals surface area contributed by atoms with E-state index in [0.717, 1.165) is 5.56 Å². The molecule has 0 aliphatic carbocycles. The maximum Gasteiger partial charge on any atom is 0.289 e. The number of rotatable bonds is 19. The minimum atomic E-state index is -1.40. The Morgan fingerprint density at radius 2 is 1.34 bits per heavy atom.